The second-order valence-electron chi connectivity index (χ2n) is 4.21. The van der Waals surface area contributed by atoms with Gasteiger partial charge >= 0.3 is 6.03 Å². The molecule has 5 heteroatoms. The van der Waals surface area contributed by atoms with Crippen molar-refractivity contribution in [1.29, 1.82) is 5.41 Å². The van der Waals surface area contributed by atoms with Crippen LogP contribution in [0.1, 0.15) is 18.4 Å². The molecule has 1 aliphatic carbocycles. The summed E-state index contributed by atoms with van der Waals surface area (Å²) in [5, 5.41) is 10.4. The molecule has 0 aliphatic heterocycles. The Morgan fingerprint density at radius 1 is 1.47 bits per heavy atom. The van der Waals surface area contributed by atoms with E-state index in [1.54, 1.807) is 25.2 Å². The van der Waals surface area contributed by atoms with Crippen molar-refractivity contribution >= 4 is 17.6 Å². The number of nitrogens with one attached hydrogen (secondary N) is 2. The maximum atomic E-state index is 11.9. The highest BCUT2D eigenvalue weighted by atomic mass is 16.2. The number of anilines is 1. The first kappa shape index (κ1) is 11.4. The molecule has 4 N–H and O–H groups in total. The molecule has 17 heavy (non-hydrogen) atoms. The third-order valence-electron chi connectivity index (χ3n) is 2.77. The van der Waals surface area contributed by atoms with Crippen LogP contribution in [0.15, 0.2) is 24.3 Å². The monoisotopic (exact) mass is 232 g/mol. The lowest BCUT2D eigenvalue weighted by molar-refractivity contribution is 0.247. The van der Waals surface area contributed by atoms with Crippen molar-refractivity contribution in [3.63, 3.8) is 0 Å². The molecule has 90 valence electrons. The zero-order chi connectivity index (χ0) is 12.4. The van der Waals surface area contributed by atoms with E-state index in [2.05, 4.69) is 5.32 Å². The van der Waals surface area contributed by atoms with Crippen LogP contribution >= 0.6 is 0 Å². The Labute approximate surface area is 100 Å². The molecule has 2 amide bonds. The van der Waals surface area contributed by atoms with Crippen LogP contribution < -0.4 is 16.0 Å². The largest absolute Gasteiger partial charge is 0.384 e. The summed E-state index contributed by atoms with van der Waals surface area (Å²) in [6.07, 6.45) is 2.10. The zero-order valence-corrected chi connectivity index (χ0v) is 9.73. The Bertz CT molecular complexity index is 454. The van der Waals surface area contributed by atoms with Gasteiger partial charge in [0.2, 0.25) is 0 Å². The molecule has 1 aromatic carbocycles. The predicted octanol–water partition coefficient (Wildman–Crippen LogP) is 1.28. The molecule has 0 saturated heterocycles. The molecule has 2 rings (SSSR count). The van der Waals surface area contributed by atoms with E-state index in [-0.39, 0.29) is 11.9 Å². The summed E-state index contributed by atoms with van der Waals surface area (Å²) in [7, 11) is 1.68. The van der Waals surface area contributed by atoms with E-state index >= 15 is 0 Å². The van der Waals surface area contributed by atoms with Gasteiger partial charge in [-0.1, -0.05) is 12.1 Å². The summed E-state index contributed by atoms with van der Waals surface area (Å²) in [5.41, 5.74) is 6.71. The highest BCUT2D eigenvalue weighted by Crippen LogP contribution is 2.22. The first-order chi connectivity index (χ1) is 8.09. The number of urea groups is 1. The van der Waals surface area contributed by atoms with Gasteiger partial charge in [0.05, 0.1) is 5.69 Å². The van der Waals surface area contributed by atoms with Crippen molar-refractivity contribution in [2.45, 2.75) is 18.9 Å². The molecule has 1 fully saturated rings. The summed E-state index contributed by atoms with van der Waals surface area (Å²) in [4.78, 5) is 13.4. The molecule has 0 unspecified atom stereocenters. The molecule has 0 aromatic heterocycles. The third kappa shape index (κ3) is 2.55. The fraction of sp³-hybridized carbons (Fsp3) is 0.333. The minimum Gasteiger partial charge on any atom is -0.384 e. The van der Waals surface area contributed by atoms with Crippen molar-refractivity contribution in [3.05, 3.63) is 29.8 Å². The lowest BCUT2D eigenvalue weighted by Gasteiger charge is -2.20. The smallest absolute Gasteiger partial charge is 0.321 e. The van der Waals surface area contributed by atoms with Crippen LogP contribution in [0.4, 0.5) is 10.5 Å². The SMILES string of the molecule is CN(C(=O)NC1CC1)c1ccccc1C(=N)N. The van der Waals surface area contributed by atoms with E-state index in [0.717, 1.165) is 12.8 Å². The van der Waals surface area contributed by atoms with Crippen LogP contribution in [0, 0.1) is 5.41 Å². The molecular weight excluding hydrogens is 216 g/mol. The molecule has 1 aliphatic rings. The van der Waals surface area contributed by atoms with E-state index in [9.17, 15) is 4.79 Å². The summed E-state index contributed by atoms with van der Waals surface area (Å²) < 4.78 is 0. The lowest BCUT2D eigenvalue weighted by atomic mass is 10.1. The normalized spacial score (nSPS) is 14.2. The predicted molar refractivity (Wildman–Crippen MR) is 67.4 cm³/mol. The van der Waals surface area contributed by atoms with Crippen molar-refractivity contribution in [3.8, 4) is 0 Å². The van der Waals surface area contributed by atoms with Crippen LogP contribution in [-0.2, 0) is 0 Å². The van der Waals surface area contributed by atoms with Gasteiger partial charge in [-0.3, -0.25) is 10.3 Å². The van der Waals surface area contributed by atoms with Crippen molar-refractivity contribution < 1.29 is 4.79 Å². The van der Waals surface area contributed by atoms with E-state index in [1.165, 1.54) is 4.90 Å². The maximum absolute atomic E-state index is 11.9. The molecule has 0 spiro atoms. The Morgan fingerprint density at radius 2 is 2.12 bits per heavy atom. The van der Waals surface area contributed by atoms with Gasteiger partial charge in [-0.25, -0.2) is 4.79 Å². The van der Waals surface area contributed by atoms with Crippen molar-refractivity contribution in [2.75, 3.05) is 11.9 Å². The van der Waals surface area contributed by atoms with E-state index in [1.807, 2.05) is 6.07 Å². The number of amidine groups is 1. The number of hydrogen-bond acceptors (Lipinski definition) is 2. The standard InChI is InChI=1S/C12H16N4O/c1-16(12(17)15-8-6-7-8)10-5-3-2-4-9(10)11(13)14/h2-5,8H,6-7H2,1H3,(H3,13,14)(H,15,17). The van der Waals surface area contributed by atoms with E-state index in [0.29, 0.717) is 17.3 Å². The molecule has 0 bridgehead atoms. The molecule has 0 atom stereocenters. The number of nitrogens with zero attached hydrogens (tertiary/aromatic N) is 1. The Kier molecular flexibility index (Phi) is 2.99. The first-order valence-corrected chi connectivity index (χ1v) is 5.57. The second-order valence-corrected chi connectivity index (χ2v) is 4.21. The quantitative estimate of drug-likeness (QED) is 0.542. The summed E-state index contributed by atoms with van der Waals surface area (Å²) in [5.74, 6) is -0.0355. The number of nitrogen functional groups attached to an aromatic ring is 1. The Balaban J connectivity index is 2.19. The van der Waals surface area contributed by atoms with Crippen LogP contribution in [-0.4, -0.2) is 25.0 Å². The maximum Gasteiger partial charge on any atom is 0.321 e. The van der Waals surface area contributed by atoms with E-state index < -0.39 is 0 Å². The summed E-state index contributed by atoms with van der Waals surface area (Å²) in [6.45, 7) is 0. The van der Waals surface area contributed by atoms with E-state index in [4.69, 9.17) is 11.1 Å². The highest BCUT2D eigenvalue weighted by Gasteiger charge is 2.25. The summed E-state index contributed by atoms with van der Waals surface area (Å²) in [6, 6.07) is 7.30. The van der Waals surface area contributed by atoms with Gasteiger partial charge in [0.15, 0.2) is 0 Å². The first-order valence-electron chi connectivity index (χ1n) is 5.57. The van der Waals surface area contributed by atoms with Crippen LogP contribution in [0.3, 0.4) is 0 Å². The minimum atomic E-state index is -0.152. The average molecular weight is 232 g/mol. The lowest BCUT2D eigenvalue weighted by Crippen LogP contribution is -2.39. The van der Waals surface area contributed by atoms with Crippen LogP contribution in [0.25, 0.3) is 0 Å². The topological polar surface area (TPSA) is 82.2 Å². The molecule has 5 nitrogen and oxygen atoms in total. The Morgan fingerprint density at radius 3 is 2.71 bits per heavy atom. The number of nitrogens with two attached hydrogens (primary N) is 1. The van der Waals surface area contributed by atoms with Gasteiger partial charge in [0.1, 0.15) is 5.84 Å². The number of carbonyl (C=O) groups is 1. The van der Waals surface area contributed by atoms with Gasteiger partial charge in [-0.15, -0.1) is 0 Å². The second kappa shape index (κ2) is 4.45. The van der Waals surface area contributed by atoms with Gasteiger partial charge in [0, 0.05) is 18.7 Å². The number of amides is 2. The number of carbonyl (C=O) groups excluding carboxylic acids is 1. The molecular formula is C12H16N4O. The summed E-state index contributed by atoms with van der Waals surface area (Å²) >= 11 is 0. The average Bonchev–Trinajstić information content (AvgIpc) is 3.11. The molecule has 1 saturated carbocycles. The van der Waals surface area contributed by atoms with Gasteiger partial charge in [-0.2, -0.15) is 0 Å². The highest BCUT2D eigenvalue weighted by molar-refractivity contribution is 6.04. The van der Waals surface area contributed by atoms with Crippen molar-refractivity contribution in [2.24, 2.45) is 5.73 Å². The number of benzene rings is 1. The van der Waals surface area contributed by atoms with Crippen LogP contribution in [0.2, 0.25) is 0 Å². The molecule has 0 heterocycles. The fourth-order valence-corrected chi connectivity index (χ4v) is 1.60. The number of para-hydroxylation sites is 1. The minimum absolute atomic E-state index is 0.0355. The van der Waals surface area contributed by atoms with Crippen LogP contribution in [0.5, 0.6) is 0 Å². The Hall–Kier alpha value is -2.04. The van der Waals surface area contributed by atoms with Gasteiger partial charge in [0.25, 0.3) is 0 Å². The van der Waals surface area contributed by atoms with Crippen molar-refractivity contribution in [1.82, 2.24) is 5.32 Å². The fourth-order valence-electron chi connectivity index (χ4n) is 1.60. The number of rotatable bonds is 3. The van der Waals surface area contributed by atoms with Gasteiger partial charge < -0.3 is 11.1 Å². The molecule has 1 aromatic rings. The molecule has 0 radical (unpaired) electrons. The number of hydrogen-bond donors (Lipinski definition) is 3. The third-order valence-corrected chi connectivity index (χ3v) is 2.77. The zero-order valence-electron chi connectivity index (χ0n) is 9.73. The van der Waals surface area contributed by atoms with Gasteiger partial charge in [-0.05, 0) is 25.0 Å².